The van der Waals surface area contributed by atoms with E-state index < -0.39 is 7.43 Å². The first-order valence-corrected chi connectivity index (χ1v) is 8.52. The summed E-state index contributed by atoms with van der Waals surface area (Å²) in [6.45, 7) is 1.92. The Bertz CT molecular complexity index is 655. The van der Waals surface area contributed by atoms with Crippen LogP contribution in [0.2, 0.25) is 0 Å². The molecule has 0 bridgehead atoms. The second-order valence-electron chi connectivity index (χ2n) is 4.93. The van der Waals surface area contributed by atoms with Gasteiger partial charge in [0.05, 0.1) is 0 Å². The van der Waals surface area contributed by atoms with Gasteiger partial charge in [0.15, 0.2) is 0 Å². The number of benzene rings is 2. The topological polar surface area (TPSA) is 30.9 Å². The molecule has 0 aliphatic carbocycles. The van der Waals surface area contributed by atoms with E-state index in [9.17, 15) is 0 Å². The fraction of sp³-hybridized carbons (Fsp3) is 0.143. The molecule has 0 N–H and O–H groups in total. The molecule has 0 saturated carbocycles. The van der Waals surface area contributed by atoms with Crippen LogP contribution in [-0.2, 0) is 0 Å². The average molecular weight is 275 g/mol. The molecule has 2 heterocycles. The summed E-state index contributed by atoms with van der Waals surface area (Å²) in [6, 6.07) is 15.5. The van der Waals surface area contributed by atoms with Gasteiger partial charge in [-0.25, -0.2) is 0 Å². The van der Waals surface area contributed by atoms with Crippen molar-refractivity contribution in [2.45, 2.75) is 0 Å². The monoisotopic (exact) mass is 275 g/mol. The van der Waals surface area contributed by atoms with Crippen molar-refractivity contribution in [2.24, 2.45) is 0 Å². The normalized spacial score (nSPS) is 22.4. The Kier molecular flexibility index (Phi) is 1.81. The zero-order valence-corrected chi connectivity index (χ0v) is 11.6. The first-order chi connectivity index (χ1) is 9.09. The maximum absolute atomic E-state index is 6.15. The molecule has 0 atom stereocenters. The predicted octanol–water partition coefficient (Wildman–Crippen LogP) is 3.83. The SMILES string of the molecule is CN1c2ccccc2OP12(C)Oc1ccccc1O2. The molecule has 2 aromatic rings. The Morgan fingerprint density at radius 2 is 1.26 bits per heavy atom. The van der Waals surface area contributed by atoms with Crippen LogP contribution in [0.15, 0.2) is 48.5 Å². The molecule has 4 rings (SSSR count). The zero-order chi connectivity index (χ0) is 13.1. The van der Waals surface area contributed by atoms with Crippen molar-refractivity contribution >= 4 is 13.1 Å². The summed E-state index contributed by atoms with van der Waals surface area (Å²) in [5.41, 5.74) is 0.996. The Morgan fingerprint density at radius 1 is 0.789 bits per heavy atom. The van der Waals surface area contributed by atoms with Gasteiger partial charge in [0.2, 0.25) is 0 Å². The quantitative estimate of drug-likeness (QED) is 0.684. The number of rotatable bonds is 0. The minimum atomic E-state index is -3.34. The van der Waals surface area contributed by atoms with E-state index in [1.807, 2.05) is 66.9 Å². The van der Waals surface area contributed by atoms with Gasteiger partial charge in [0, 0.05) is 0 Å². The third-order valence-electron chi connectivity index (χ3n) is 3.65. The number of nitrogens with zero attached hydrogens (tertiary/aromatic N) is 1. The van der Waals surface area contributed by atoms with Crippen LogP contribution < -0.4 is 18.2 Å². The van der Waals surface area contributed by atoms with E-state index in [1.54, 1.807) is 0 Å². The summed E-state index contributed by atoms with van der Waals surface area (Å²) in [6.07, 6.45) is 0. The van der Waals surface area contributed by atoms with Crippen molar-refractivity contribution in [3.63, 3.8) is 0 Å². The molecule has 2 aliphatic heterocycles. The number of fused-ring (bicyclic) bond motifs is 2. The first-order valence-electron chi connectivity index (χ1n) is 6.13. The fourth-order valence-corrected chi connectivity index (χ4v) is 5.47. The van der Waals surface area contributed by atoms with Gasteiger partial charge in [0.1, 0.15) is 0 Å². The van der Waals surface area contributed by atoms with Crippen molar-refractivity contribution in [2.75, 3.05) is 18.4 Å². The van der Waals surface area contributed by atoms with Crippen LogP contribution in [0.25, 0.3) is 0 Å². The molecule has 0 aromatic heterocycles. The molecule has 1 spiro atoms. The molecular weight excluding hydrogens is 261 g/mol. The molecule has 2 aromatic carbocycles. The fourth-order valence-electron chi connectivity index (χ4n) is 2.55. The van der Waals surface area contributed by atoms with Crippen LogP contribution in [0, 0.1) is 0 Å². The van der Waals surface area contributed by atoms with Crippen LogP contribution in [0.4, 0.5) is 5.69 Å². The summed E-state index contributed by atoms with van der Waals surface area (Å²) in [4.78, 5) is 0. The molecule has 0 radical (unpaired) electrons. The molecule has 5 heteroatoms. The molecule has 0 unspecified atom stereocenters. The van der Waals surface area contributed by atoms with Crippen LogP contribution in [0.5, 0.6) is 17.2 Å². The molecule has 19 heavy (non-hydrogen) atoms. The summed E-state index contributed by atoms with van der Waals surface area (Å²) in [5, 5.41) is 0. The van der Waals surface area contributed by atoms with Crippen molar-refractivity contribution in [3.8, 4) is 17.2 Å². The molecule has 0 amide bonds. The number of para-hydroxylation sites is 4. The first kappa shape index (κ1) is 10.9. The van der Waals surface area contributed by atoms with Gasteiger partial charge < -0.3 is 0 Å². The van der Waals surface area contributed by atoms with E-state index in [1.165, 1.54) is 0 Å². The van der Waals surface area contributed by atoms with Crippen LogP contribution in [0.1, 0.15) is 0 Å². The Morgan fingerprint density at radius 3 is 1.84 bits per heavy atom. The van der Waals surface area contributed by atoms with Crippen molar-refractivity contribution < 1.29 is 13.6 Å². The molecule has 0 fully saturated rings. The van der Waals surface area contributed by atoms with Gasteiger partial charge in [-0.05, 0) is 0 Å². The van der Waals surface area contributed by atoms with Crippen molar-refractivity contribution in [1.29, 1.82) is 0 Å². The summed E-state index contributed by atoms with van der Waals surface area (Å²) >= 11 is 0. The van der Waals surface area contributed by atoms with Gasteiger partial charge in [-0.2, -0.15) is 0 Å². The predicted molar refractivity (Wildman–Crippen MR) is 76.0 cm³/mol. The van der Waals surface area contributed by atoms with Gasteiger partial charge in [0.25, 0.3) is 0 Å². The Balaban J connectivity index is 1.86. The van der Waals surface area contributed by atoms with Crippen molar-refractivity contribution in [1.82, 2.24) is 0 Å². The molecule has 98 valence electrons. The van der Waals surface area contributed by atoms with E-state index in [4.69, 9.17) is 13.6 Å². The summed E-state index contributed by atoms with van der Waals surface area (Å²) in [5.74, 6) is 2.28. The number of hydrogen-bond acceptors (Lipinski definition) is 4. The summed E-state index contributed by atoms with van der Waals surface area (Å²) in [7, 11) is -1.38. The Hall–Kier alpha value is -1.93. The third kappa shape index (κ3) is 1.27. The average Bonchev–Trinajstić information content (AvgIpc) is 2.83. The van der Waals surface area contributed by atoms with E-state index in [-0.39, 0.29) is 0 Å². The minimum absolute atomic E-state index is 0.738. The van der Waals surface area contributed by atoms with E-state index in [0.717, 1.165) is 22.9 Å². The van der Waals surface area contributed by atoms with Gasteiger partial charge in [-0.15, -0.1) is 0 Å². The summed E-state index contributed by atoms with van der Waals surface area (Å²) < 4.78 is 20.4. The maximum atomic E-state index is 6.15. The van der Waals surface area contributed by atoms with Gasteiger partial charge in [-0.1, -0.05) is 0 Å². The molecular formula is C14H14NO3P. The van der Waals surface area contributed by atoms with Crippen LogP contribution >= 0.6 is 7.43 Å². The van der Waals surface area contributed by atoms with Crippen LogP contribution in [0.3, 0.4) is 0 Å². The van der Waals surface area contributed by atoms with Gasteiger partial charge >= 0.3 is 111 Å². The van der Waals surface area contributed by atoms with E-state index in [2.05, 4.69) is 0 Å². The Labute approximate surface area is 111 Å². The third-order valence-corrected chi connectivity index (χ3v) is 7.03. The van der Waals surface area contributed by atoms with Crippen molar-refractivity contribution in [3.05, 3.63) is 48.5 Å². The second-order valence-corrected chi connectivity index (χ2v) is 8.51. The molecule has 0 saturated heterocycles. The second kappa shape index (κ2) is 3.14. The van der Waals surface area contributed by atoms with Crippen LogP contribution in [-0.4, -0.2) is 13.7 Å². The van der Waals surface area contributed by atoms with Gasteiger partial charge in [-0.3, -0.25) is 0 Å². The zero-order valence-electron chi connectivity index (χ0n) is 10.7. The number of anilines is 1. The van der Waals surface area contributed by atoms with E-state index in [0.29, 0.717) is 0 Å². The van der Waals surface area contributed by atoms with E-state index >= 15 is 0 Å². The number of hydrogen-bond donors (Lipinski definition) is 0. The molecule has 2 aliphatic rings. The standard InChI is InChI=1S/C14H14NO3P/c1-15-11-7-3-4-8-12(11)16-19(15,2)17-13-9-5-6-10-14(13)18-19/h3-10H,1-2H3. The molecule has 4 nitrogen and oxygen atoms in total.